The molecule has 16 heavy (non-hydrogen) atoms. The van der Waals surface area contributed by atoms with Crippen molar-refractivity contribution in [3.63, 3.8) is 0 Å². The summed E-state index contributed by atoms with van der Waals surface area (Å²) in [6, 6.07) is -0.103. The maximum absolute atomic E-state index is 12.1. The van der Waals surface area contributed by atoms with E-state index < -0.39 is 10.0 Å². The second-order valence-electron chi connectivity index (χ2n) is 4.88. The van der Waals surface area contributed by atoms with Crippen molar-refractivity contribution in [1.82, 2.24) is 4.31 Å². The number of sulfonamides is 1. The van der Waals surface area contributed by atoms with Gasteiger partial charge in [-0.2, -0.15) is 0 Å². The molecule has 4 nitrogen and oxygen atoms in total. The normalized spacial score (nSPS) is 21.2. The summed E-state index contributed by atoms with van der Waals surface area (Å²) in [6.45, 7) is 2.22. The van der Waals surface area contributed by atoms with Gasteiger partial charge in [-0.1, -0.05) is 19.3 Å². The van der Waals surface area contributed by atoms with Crippen molar-refractivity contribution in [2.45, 2.75) is 45.1 Å². The first kappa shape index (κ1) is 13.9. The van der Waals surface area contributed by atoms with Crippen LogP contribution < -0.4 is 5.73 Å². The maximum Gasteiger partial charge on any atom is 0.214 e. The Kier molecular flexibility index (Phi) is 5.21. The second-order valence-corrected chi connectivity index (χ2v) is 6.96. The summed E-state index contributed by atoms with van der Waals surface area (Å²) >= 11 is 0. The lowest BCUT2D eigenvalue weighted by atomic mass is 9.91. The van der Waals surface area contributed by atoms with Crippen LogP contribution in [0.25, 0.3) is 0 Å². The van der Waals surface area contributed by atoms with E-state index in [0.717, 1.165) is 12.8 Å². The average Bonchev–Trinajstić information content (AvgIpc) is 2.27. The van der Waals surface area contributed by atoms with Crippen LogP contribution in [0.4, 0.5) is 0 Å². The maximum atomic E-state index is 12.1. The van der Waals surface area contributed by atoms with E-state index in [-0.39, 0.29) is 6.04 Å². The van der Waals surface area contributed by atoms with E-state index in [1.54, 1.807) is 7.05 Å². The van der Waals surface area contributed by atoms with Crippen LogP contribution in [-0.2, 0) is 10.0 Å². The third-order valence-corrected chi connectivity index (χ3v) is 5.70. The highest BCUT2D eigenvalue weighted by molar-refractivity contribution is 7.89. The summed E-state index contributed by atoms with van der Waals surface area (Å²) in [5.41, 5.74) is 5.50. The number of nitrogens with two attached hydrogens (primary N) is 1. The Morgan fingerprint density at radius 1 is 1.31 bits per heavy atom. The van der Waals surface area contributed by atoms with Crippen molar-refractivity contribution < 1.29 is 8.42 Å². The Balaban J connectivity index is 2.56. The summed E-state index contributed by atoms with van der Waals surface area (Å²) < 4.78 is 25.6. The molecule has 0 spiro atoms. The van der Waals surface area contributed by atoms with Gasteiger partial charge in [0, 0.05) is 19.6 Å². The van der Waals surface area contributed by atoms with Gasteiger partial charge in [-0.05, 0) is 25.7 Å². The van der Waals surface area contributed by atoms with E-state index in [2.05, 4.69) is 0 Å². The molecule has 0 radical (unpaired) electrons. The van der Waals surface area contributed by atoms with Crippen molar-refractivity contribution in [3.8, 4) is 0 Å². The van der Waals surface area contributed by atoms with Gasteiger partial charge in [0.15, 0.2) is 0 Å². The molecule has 0 amide bonds. The third kappa shape index (κ3) is 3.71. The smallest absolute Gasteiger partial charge is 0.214 e. The molecule has 0 aromatic heterocycles. The molecule has 2 N–H and O–H groups in total. The molecule has 1 aliphatic carbocycles. The number of likely N-dealkylation sites (N-methyl/N-ethyl adjacent to an activating group) is 1. The summed E-state index contributed by atoms with van der Waals surface area (Å²) in [4.78, 5) is 0. The van der Waals surface area contributed by atoms with Gasteiger partial charge in [0.2, 0.25) is 10.0 Å². The monoisotopic (exact) mass is 248 g/mol. The molecule has 5 heteroatoms. The fourth-order valence-electron chi connectivity index (χ4n) is 2.19. The van der Waals surface area contributed by atoms with Crippen molar-refractivity contribution in [2.24, 2.45) is 11.7 Å². The van der Waals surface area contributed by atoms with Gasteiger partial charge < -0.3 is 5.73 Å². The summed E-state index contributed by atoms with van der Waals surface area (Å²) in [7, 11) is -1.48. The van der Waals surface area contributed by atoms with Crippen LogP contribution in [0, 0.1) is 5.92 Å². The van der Waals surface area contributed by atoms with E-state index in [4.69, 9.17) is 5.73 Å². The topological polar surface area (TPSA) is 63.4 Å². The van der Waals surface area contributed by atoms with Crippen molar-refractivity contribution in [1.29, 1.82) is 0 Å². The molecule has 0 aliphatic heterocycles. The minimum atomic E-state index is -3.12. The quantitative estimate of drug-likeness (QED) is 0.794. The first-order valence-electron chi connectivity index (χ1n) is 6.13. The van der Waals surface area contributed by atoms with Crippen molar-refractivity contribution >= 4 is 10.0 Å². The fraction of sp³-hybridized carbons (Fsp3) is 1.00. The average molecular weight is 248 g/mol. The van der Waals surface area contributed by atoms with Crippen molar-refractivity contribution in [3.05, 3.63) is 0 Å². The first-order chi connectivity index (χ1) is 7.47. The predicted molar refractivity (Wildman–Crippen MR) is 66.6 cm³/mol. The lowest BCUT2D eigenvalue weighted by molar-refractivity contribution is 0.359. The first-order valence-corrected chi connectivity index (χ1v) is 7.74. The highest BCUT2D eigenvalue weighted by Gasteiger charge is 2.27. The molecule has 1 unspecified atom stereocenters. The summed E-state index contributed by atoms with van der Waals surface area (Å²) in [5.74, 6) is 0.652. The van der Waals surface area contributed by atoms with Crippen LogP contribution in [0.5, 0.6) is 0 Å². The predicted octanol–water partition coefficient (Wildman–Crippen LogP) is 1.18. The number of hydrogen-bond donors (Lipinski definition) is 1. The summed E-state index contributed by atoms with van der Waals surface area (Å²) in [5, 5.41) is 0. The SMILES string of the molecule is CC(CN)N(C)S(=O)(=O)CC1CCCCC1. The van der Waals surface area contributed by atoms with Crippen LogP contribution in [0.15, 0.2) is 0 Å². The van der Waals surface area contributed by atoms with Gasteiger partial charge in [0.1, 0.15) is 0 Å². The Morgan fingerprint density at radius 3 is 2.38 bits per heavy atom. The van der Waals surface area contributed by atoms with Gasteiger partial charge in [-0.3, -0.25) is 0 Å². The van der Waals surface area contributed by atoms with Crippen LogP contribution in [0.1, 0.15) is 39.0 Å². The molecule has 0 aromatic rings. The number of hydrogen-bond acceptors (Lipinski definition) is 3. The largest absolute Gasteiger partial charge is 0.329 e. The standard InChI is InChI=1S/C11H24N2O2S/c1-10(8-12)13(2)16(14,15)9-11-6-4-3-5-7-11/h10-11H,3-9,12H2,1-2H3. The van der Waals surface area contributed by atoms with E-state index >= 15 is 0 Å². The molecule has 96 valence electrons. The van der Waals surface area contributed by atoms with E-state index in [1.165, 1.54) is 23.6 Å². The van der Waals surface area contributed by atoms with Gasteiger partial charge in [0.05, 0.1) is 5.75 Å². The molecule has 0 bridgehead atoms. The molecule has 1 fully saturated rings. The number of nitrogens with zero attached hydrogens (tertiary/aromatic N) is 1. The lowest BCUT2D eigenvalue weighted by Gasteiger charge is -2.27. The Hall–Kier alpha value is -0.130. The highest BCUT2D eigenvalue weighted by Crippen LogP contribution is 2.25. The third-order valence-electron chi connectivity index (χ3n) is 3.57. The van der Waals surface area contributed by atoms with Crippen molar-refractivity contribution in [2.75, 3.05) is 19.3 Å². The van der Waals surface area contributed by atoms with Gasteiger partial charge >= 0.3 is 0 Å². The minimum absolute atomic E-state index is 0.103. The van der Waals surface area contributed by atoms with Gasteiger partial charge in [0.25, 0.3) is 0 Å². The molecule has 1 saturated carbocycles. The Labute approximate surface area is 99.2 Å². The second kappa shape index (κ2) is 5.98. The molecular formula is C11H24N2O2S. The highest BCUT2D eigenvalue weighted by atomic mass is 32.2. The Morgan fingerprint density at radius 2 is 1.88 bits per heavy atom. The van der Waals surface area contributed by atoms with Crippen LogP contribution in [0.3, 0.4) is 0 Å². The van der Waals surface area contributed by atoms with E-state index in [9.17, 15) is 8.42 Å². The molecule has 1 atom stereocenters. The molecule has 0 aromatic carbocycles. The van der Waals surface area contributed by atoms with Crippen LogP contribution >= 0.6 is 0 Å². The zero-order chi connectivity index (χ0) is 12.2. The van der Waals surface area contributed by atoms with Gasteiger partial charge in [-0.25, -0.2) is 12.7 Å². The molecule has 1 aliphatic rings. The zero-order valence-corrected chi connectivity index (χ0v) is 11.2. The molecule has 1 rings (SSSR count). The number of rotatable bonds is 5. The molecular weight excluding hydrogens is 224 g/mol. The minimum Gasteiger partial charge on any atom is -0.329 e. The van der Waals surface area contributed by atoms with E-state index in [1.807, 2.05) is 6.92 Å². The lowest BCUT2D eigenvalue weighted by Crippen LogP contribution is -2.42. The van der Waals surface area contributed by atoms with Crippen LogP contribution in [0.2, 0.25) is 0 Å². The molecule has 0 heterocycles. The Bertz CT molecular complexity index is 297. The van der Waals surface area contributed by atoms with Crippen LogP contribution in [-0.4, -0.2) is 38.1 Å². The zero-order valence-electron chi connectivity index (χ0n) is 10.4. The van der Waals surface area contributed by atoms with Gasteiger partial charge in [-0.15, -0.1) is 0 Å². The van der Waals surface area contributed by atoms with E-state index in [0.29, 0.717) is 18.2 Å². The fourth-order valence-corrected chi connectivity index (χ4v) is 3.99. The summed E-state index contributed by atoms with van der Waals surface area (Å²) in [6.07, 6.45) is 5.73. The molecule has 0 saturated heterocycles.